The largest absolute Gasteiger partial charge is 0.497 e. The van der Waals surface area contributed by atoms with Crippen LogP contribution in [0.15, 0.2) is 65.8 Å². The van der Waals surface area contributed by atoms with Gasteiger partial charge in [-0.25, -0.2) is 5.43 Å². The summed E-state index contributed by atoms with van der Waals surface area (Å²) in [5.74, 6) is 0.607. The van der Waals surface area contributed by atoms with Crippen molar-refractivity contribution in [3.63, 3.8) is 0 Å². The molecule has 0 fully saturated rings. The maximum Gasteiger partial charge on any atom is 0.271 e. The van der Waals surface area contributed by atoms with Crippen LogP contribution in [-0.4, -0.2) is 31.8 Å². The number of methoxy groups -OCH3 is 1. The van der Waals surface area contributed by atoms with Gasteiger partial charge in [-0.1, -0.05) is 18.2 Å². The summed E-state index contributed by atoms with van der Waals surface area (Å²) >= 11 is 0. The molecule has 0 atom stereocenters. The van der Waals surface area contributed by atoms with E-state index < -0.39 is 0 Å². The Morgan fingerprint density at radius 3 is 2.21 bits per heavy atom. The summed E-state index contributed by atoms with van der Waals surface area (Å²) in [6.45, 7) is 7.98. The summed E-state index contributed by atoms with van der Waals surface area (Å²) in [6, 6.07) is 19.6. The number of hydrogen-bond acceptors (Lipinski definition) is 4. The second-order valence-corrected chi connectivity index (χ2v) is 6.79. The second-order valence-electron chi connectivity index (χ2n) is 6.79. The van der Waals surface area contributed by atoms with Gasteiger partial charge in [0.25, 0.3) is 5.91 Å². The van der Waals surface area contributed by atoms with Crippen LogP contribution in [0, 0.1) is 0 Å². The zero-order valence-corrected chi connectivity index (χ0v) is 17.4. The molecule has 0 radical (unpaired) electrons. The highest BCUT2D eigenvalue weighted by molar-refractivity contribution is 6.03. The van der Waals surface area contributed by atoms with E-state index >= 15 is 0 Å². The molecule has 1 N–H and O–H groups in total. The predicted octanol–water partition coefficient (Wildman–Crippen LogP) is 4.85. The minimum absolute atomic E-state index is 0.221. The Kier molecular flexibility index (Phi) is 6.50. The van der Waals surface area contributed by atoms with Crippen molar-refractivity contribution in [2.75, 3.05) is 25.1 Å². The highest BCUT2D eigenvalue weighted by Gasteiger charge is 2.08. The number of fused-ring (bicyclic) bond motifs is 1. The predicted molar refractivity (Wildman–Crippen MR) is 120 cm³/mol. The molecule has 0 saturated heterocycles. The van der Waals surface area contributed by atoms with E-state index in [4.69, 9.17) is 4.74 Å². The van der Waals surface area contributed by atoms with Crippen molar-refractivity contribution < 1.29 is 9.53 Å². The topological polar surface area (TPSA) is 53.9 Å². The van der Waals surface area contributed by atoms with Gasteiger partial charge in [0, 0.05) is 24.3 Å². The van der Waals surface area contributed by atoms with Gasteiger partial charge >= 0.3 is 0 Å². The fourth-order valence-corrected chi connectivity index (χ4v) is 3.25. The van der Waals surface area contributed by atoms with Crippen LogP contribution in [0.3, 0.4) is 0 Å². The smallest absolute Gasteiger partial charge is 0.271 e. The lowest BCUT2D eigenvalue weighted by atomic mass is 10.0. The van der Waals surface area contributed by atoms with Crippen LogP contribution in [0.25, 0.3) is 10.8 Å². The molecule has 0 heterocycles. The van der Waals surface area contributed by atoms with Gasteiger partial charge in [0.15, 0.2) is 0 Å². The number of carbonyl (C=O) groups is 1. The van der Waals surface area contributed by atoms with Crippen molar-refractivity contribution in [1.82, 2.24) is 5.43 Å². The van der Waals surface area contributed by atoms with Gasteiger partial charge in [0.2, 0.25) is 0 Å². The van der Waals surface area contributed by atoms with E-state index in [-0.39, 0.29) is 5.91 Å². The van der Waals surface area contributed by atoms with E-state index in [0.717, 1.165) is 46.6 Å². The minimum atomic E-state index is -0.221. The van der Waals surface area contributed by atoms with E-state index in [1.54, 1.807) is 7.11 Å². The van der Waals surface area contributed by atoms with Crippen LogP contribution in [0.1, 0.15) is 36.7 Å². The number of benzene rings is 3. The molecule has 29 heavy (non-hydrogen) atoms. The Hall–Kier alpha value is -3.34. The molecule has 0 aliphatic heterocycles. The number of nitrogens with one attached hydrogen (secondary N) is 1. The van der Waals surface area contributed by atoms with Crippen molar-refractivity contribution in [2.24, 2.45) is 5.10 Å². The number of ether oxygens (including phenoxy) is 1. The molecule has 5 nitrogen and oxygen atoms in total. The van der Waals surface area contributed by atoms with Gasteiger partial charge in [-0.2, -0.15) is 5.10 Å². The number of nitrogens with zero attached hydrogens (tertiary/aromatic N) is 2. The monoisotopic (exact) mass is 389 g/mol. The first-order valence-corrected chi connectivity index (χ1v) is 9.83. The minimum Gasteiger partial charge on any atom is -0.497 e. The summed E-state index contributed by atoms with van der Waals surface area (Å²) in [5, 5.41) is 6.47. The van der Waals surface area contributed by atoms with Gasteiger partial charge in [-0.05, 0) is 79.6 Å². The van der Waals surface area contributed by atoms with E-state index in [9.17, 15) is 4.79 Å². The van der Waals surface area contributed by atoms with Gasteiger partial charge in [-0.3, -0.25) is 4.79 Å². The van der Waals surface area contributed by atoms with Crippen molar-refractivity contribution in [2.45, 2.75) is 20.8 Å². The zero-order valence-electron chi connectivity index (χ0n) is 17.4. The second kappa shape index (κ2) is 9.24. The standard InChI is InChI=1S/C24H27N3O2/c1-5-27(6-2)22-12-9-18(10-13-22)24(28)26-25-17(3)19-7-8-21-16-23(29-4)14-11-20(21)15-19/h7-16H,5-6H2,1-4H3,(H,26,28). The molecule has 3 rings (SSSR count). The normalized spacial score (nSPS) is 11.4. The fraction of sp³-hybridized carbons (Fsp3) is 0.250. The summed E-state index contributed by atoms with van der Waals surface area (Å²) in [6.07, 6.45) is 0. The SMILES string of the molecule is CCN(CC)c1ccc(C(=O)NN=C(C)c2ccc3cc(OC)ccc3c2)cc1. The molecule has 0 spiro atoms. The molecule has 3 aromatic rings. The lowest BCUT2D eigenvalue weighted by Crippen LogP contribution is -2.22. The quantitative estimate of drug-likeness (QED) is 0.464. The van der Waals surface area contributed by atoms with E-state index in [2.05, 4.69) is 35.3 Å². The molecule has 0 bridgehead atoms. The summed E-state index contributed by atoms with van der Waals surface area (Å²) in [7, 11) is 1.66. The molecular formula is C24H27N3O2. The summed E-state index contributed by atoms with van der Waals surface area (Å²) in [4.78, 5) is 14.7. The highest BCUT2D eigenvalue weighted by atomic mass is 16.5. The maximum absolute atomic E-state index is 12.4. The average molecular weight is 389 g/mol. The Morgan fingerprint density at radius 2 is 1.55 bits per heavy atom. The van der Waals surface area contributed by atoms with Crippen LogP contribution in [-0.2, 0) is 0 Å². The molecule has 1 amide bonds. The molecule has 150 valence electrons. The first-order chi connectivity index (χ1) is 14.0. The third-order valence-corrected chi connectivity index (χ3v) is 5.05. The van der Waals surface area contributed by atoms with Crippen LogP contribution in [0.4, 0.5) is 5.69 Å². The summed E-state index contributed by atoms with van der Waals surface area (Å²) < 4.78 is 5.27. The molecule has 0 unspecified atom stereocenters. The molecule has 0 aromatic heterocycles. The Balaban J connectivity index is 1.71. The molecule has 5 heteroatoms. The van der Waals surface area contributed by atoms with Crippen LogP contribution < -0.4 is 15.1 Å². The molecule has 0 aliphatic carbocycles. The van der Waals surface area contributed by atoms with Crippen LogP contribution >= 0.6 is 0 Å². The van der Waals surface area contributed by atoms with Crippen molar-refractivity contribution >= 4 is 28.1 Å². The van der Waals surface area contributed by atoms with Gasteiger partial charge in [-0.15, -0.1) is 0 Å². The Morgan fingerprint density at radius 1 is 0.931 bits per heavy atom. The average Bonchev–Trinajstić information content (AvgIpc) is 2.77. The fourth-order valence-electron chi connectivity index (χ4n) is 3.25. The van der Waals surface area contributed by atoms with Crippen LogP contribution in [0.2, 0.25) is 0 Å². The van der Waals surface area contributed by atoms with Gasteiger partial charge < -0.3 is 9.64 Å². The van der Waals surface area contributed by atoms with Crippen LogP contribution in [0.5, 0.6) is 5.75 Å². The van der Waals surface area contributed by atoms with Crippen molar-refractivity contribution in [3.8, 4) is 5.75 Å². The first kappa shape index (κ1) is 20.4. The third kappa shape index (κ3) is 4.74. The van der Waals surface area contributed by atoms with E-state index in [1.807, 2.05) is 61.5 Å². The third-order valence-electron chi connectivity index (χ3n) is 5.05. The summed E-state index contributed by atoms with van der Waals surface area (Å²) in [5.41, 5.74) is 6.06. The first-order valence-electron chi connectivity index (χ1n) is 9.83. The number of amides is 1. The number of hydrogen-bond donors (Lipinski definition) is 1. The molecular weight excluding hydrogens is 362 g/mol. The number of rotatable bonds is 7. The van der Waals surface area contributed by atoms with Crippen molar-refractivity contribution in [3.05, 3.63) is 71.8 Å². The zero-order chi connectivity index (χ0) is 20.8. The Labute approximate surface area is 172 Å². The Bertz CT molecular complexity index is 1020. The van der Waals surface area contributed by atoms with Gasteiger partial charge in [0.05, 0.1) is 12.8 Å². The molecule has 3 aromatic carbocycles. The molecule has 0 aliphatic rings. The lowest BCUT2D eigenvalue weighted by molar-refractivity contribution is 0.0955. The lowest BCUT2D eigenvalue weighted by Gasteiger charge is -2.20. The number of hydrazone groups is 1. The molecule has 0 saturated carbocycles. The highest BCUT2D eigenvalue weighted by Crippen LogP contribution is 2.22. The van der Waals surface area contributed by atoms with E-state index in [1.165, 1.54) is 0 Å². The maximum atomic E-state index is 12.4. The van der Waals surface area contributed by atoms with Gasteiger partial charge in [0.1, 0.15) is 5.75 Å². The van der Waals surface area contributed by atoms with Crippen molar-refractivity contribution in [1.29, 1.82) is 0 Å². The van der Waals surface area contributed by atoms with E-state index in [0.29, 0.717) is 5.56 Å². The number of carbonyl (C=O) groups excluding carboxylic acids is 1. The number of anilines is 1.